The number of carbonyl (C=O) groups is 4. The summed E-state index contributed by atoms with van der Waals surface area (Å²) in [6.07, 6.45) is 2.93. The number of carbonyl (C=O) groups excluding carboxylic acids is 4. The fourth-order valence-electron chi connectivity index (χ4n) is 6.63. The number of nitrogens with zero attached hydrogens (tertiary/aromatic N) is 3. The number of hydrogen-bond acceptors (Lipinski definition) is 9. The van der Waals surface area contributed by atoms with Crippen LogP contribution in [0.5, 0.6) is 0 Å². The third kappa shape index (κ3) is 12.9. The van der Waals surface area contributed by atoms with Crippen molar-refractivity contribution in [3.8, 4) is 0 Å². The van der Waals surface area contributed by atoms with E-state index >= 15 is 0 Å². The van der Waals surface area contributed by atoms with Crippen LogP contribution in [-0.2, 0) is 25.5 Å². The van der Waals surface area contributed by atoms with Gasteiger partial charge in [0.2, 0.25) is 11.8 Å². The Morgan fingerprint density at radius 3 is 2.37 bits per heavy atom. The molecule has 0 radical (unpaired) electrons. The van der Waals surface area contributed by atoms with Crippen molar-refractivity contribution in [1.82, 2.24) is 25.4 Å². The molecule has 3 N–H and O–H groups in total. The van der Waals surface area contributed by atoms with E-state index in [2.05, 4.69) is 41.3 Å². The molecule has 12 heteroatoms. The average Bonchev–Trinajstić information content (AvgIpc) is 3.72. The van der Waals surface area contributed by atoms with Crippen molar-refractivity contribution in [1.29, 1.82) is 0 Å². The molecular formula is C40H63N5O6S. The molecule has 52 heavy (non-hydrogen) atoms. The number of aromatic nitrogens is 1. The summed E-state index contributed by atoms with van der Waals surface area (Å²) in [7, 11) is 1.74. The first-order valence-electron chi connectivity index (χ1n) is 19.1. The maximum atomic E-state index is 14.1. The number of ether oxygens (including phenoxy) is 1. The van der Waals surface area contributed by atoms with E-state index in [0.29, 0.717) is 36.7 Å². The second-order valence-corrected chi connectivity index (χ2v) is 16.1. The first-order valence-corrected chi connectivity index (χ1v) is 20.0. The molecule has 3 amide bonds. The number of thiazole rings is 1. The van der Waals surface area contributed by atoms with Crippen LogP contribution >= 0.6 is 11.3 Å². The quantitative estimate of drug-likeness (QED) is 0.104. The third-order valence-electron chi connectivity index (χ3n) is 10.1. The number of likely N-dealkylation sites (N-methyl/N-ethyl adjacent to an activating group) is 1. The predicted molar refractivity (Wildman–Crippen MR) is 206 cm³/mol. The summed E-state index contributed by atoms with van der Waals surface area (Å²) in [5.41, 5.74) is 1.29. The highest BCUT2D eigenvalue weighted by atomic mass is 32.1. The molecule has 4 unspecified atom stereocenters. The molecule has 0 saturated carbocycles. The zero-order valence-corrected chi connectivity index (χ0v) is 33.6. The molecule has 1 fully saturated rings. The standard InChI is InChI=1S/C40H63N5O6S/c1-10-12-18-45-23-33(45)38(49)43-36(27(7)11-2)40(50)44(9)32(26(5)6)21-35(51-28(8)46)39-42-31(24-52-39)37(48)41-22-30(34(47)19-25(3)4)20-29-16-14-13-15-17-29/h13-17,24-27,30,32-36,47H,10-12,18-23H2,1-9H3,(H,41,48)(H,43,49)/t27?,30?,32-,33-,34?,35-,36+,45?/m1/s1. The van der Waals surface area contributed by atoms with Gasteiger partial charge in [-0.2, -0.15) is 0 Å². The highest BCUT2D eigenvalue weighted by Crippen LogP contribution is 2.31. The molecule has 11 nitrogen and oxygen atoms in total. The van der Waals surface area contributed by atoms with Crippen LogP contribution in [0.2, 0.25) is 0 Å². The SMILES string of the molecule is CCCCN1C[C@@H]1C(=O)N[C@H](C(=O)N(C)[C@H](C[C@@H](OC(C)=O)c1nc(C(=O)NCC(Cc2ccccc2)C(O)CC(C)C)cs1)C(C)C)C(C)CC. The van der Waals surface area contributed by atoms with Crippen LogP contribution in [0.15, 0.2) is 35.7 Å². The largest absolute Gasteiger partial charge is 0.455 e. The molecule has 3 rings (SSSR count). The number of esters is 1. The molecule has 8 atom stereocenters. The van der Waals surface area contributed by atoms with Gasteiger partial charge in [-0.15, -0.1) is 11.3 Å². The van der Waals surface area contributed by atoms with Gasteiger partial charge in [0, 0.05) is 50.8 Å². The first-order chi connectivity index (χ1) is 24.7. The van der Waals surface area contributed by atoms with Crippen molar-refractivity contribution in [2.75, 3.05) is 26.7 Å². The normalized spacial score (nSPS) is 18.9. The van der Waals surface area contributed by atoms with E-state index in [1.165, 1.54) is 18.3 Å². The van der Waals surface area contributed by atoms with Crippen molar-refractivity contribution < 1.29 is 29.0 Å². The molecule has 1 aliphatic heterocycles. The van der Waals surface area contributed by atoms with Gasteiger partial charge in [0.25, 0.3) is 5.91 Å². The third-order valence-corrected chi connectivity index (χ3v) is 11.1. The van der Waals surface area contributed by atoms with Gasteiger partial charge in [-0.05, 0) is 49.1 Å². The van der Waals surface area contributed by atoms with E-state index in [1.807, 2.05) is 58.0 Å². The zero-order chi connectivity index (χ0) is 38.5. The van der Waals surface area contributed by atoms with Gasteiger partial charge in [-0.1, -0.05) is 91.6 Å². The summed E-state index contributed by atoms with van der Waals surface area (Å²) in [6.45, 7) is 17.4. The van der Waals surface area contributed by atoms with Gasteiger partial charge in [-0.3, -0.25) is 24.1 Å². The van der Waals surface area contributed by atoms with Crippen molar-refractivity contribution in [3.63, 3.8) is 0 Å². The lowest BCUT2D eigenvalue weighted by atomic mass is 9.89. The van der Waals surface area contributed by atoms with Gasteiger partial charge in [0.15, 0.2) is 6.10 Å². The van der Waals surface area contributed by atoms with Crippen molar-refractivity contribution in [3.05, 3.63) is 52.0 Å². The molecule has 1 aromatic carbocycles. The van der Waals surface area contributed by atoms with Crippen LogP contribution < -0.4 is 10.6 Å². The lowest BCUT2D eigenvalue weighted by molar-refractivity contribution is -0.149. The molecule has 2 aromatic rings. The van der Waals surface area contributed by atoms with Gasteiger partial charge >= 0.3 is 5.97 Å². The summed E-state index contributed by atoms with van der Waals surface area (Å²) in [5.74, 6) is -1.16. The second kappa shape index (κ2) is 20.8. The monoisotopic (exact) mass is 741 g/mol. The Bertz CT molecular complexity index is 1430. The van der Waals surface area contributed by atoms with Crippen LogP contribution in [-0.4, -0.2) is 94.5 Å². The van der Waals surface area contributed by atoms with E-state index in [1.54, 1.807) is 17.3 Å². The van der Waals surface area contributed by atoms with Gasteiger partial charge in [0.05, 0.1) is 6.10 Å². The zero-order valence-electron chi connectivity index (χ0n) is 32.8. The topological polar surface area (TPSA) is 141 Å². The number of nitrogens with one attached hydrogen (secondary N) is 2. The fourth-order valence-corrected chi connectivity index (χ4v) is 7.47. The summed E-state index contributed by atoms with van der Waals surface area (Å²) in [4.78, 5) is 61.4. The maximum absolute atomic E-state index is 14.1. The number of benzene rings is 1. The van der Waals surface area contributed by atoms with E-state index in [-0.39, 0.29) is 66.2 Å². The summed E-state index contributed by atoms with van der Waals surface area (Å²) >= 11 is 1.23. The highest BCUT2D eigenvalue weighted by molar-refractivity contribution is 7.09. The van der Waals surface area contributed by atoms with Crippen molar-refractivity contribution in [2.24, 2.45) is 23.7 Å². The van der Waals surface area contributed by atoms with Gasteiger partial charge in [0.1, 0.15) is 22.8 Å². The average molecular weight is 742 g/mol. The van der Waals surface area contributed by atoms with Crippen molar-refractivity contribution in [2.45, 2.75) is 124 Å². The van der Waals surface area contributed by atoms with Crippen LogP contribution in [0, 0.1) is 23.7 Å². The Hall–Kier alpha value is -3.35. The summed E-state index contributed by atoms with van der Waals surface area (Å²) in [5, 5.41) is 19.2. The van der Waals surface area contributed by atoms with Crippen molar-refractivity contribution >= 4 is 35.0 Å². The Labute approximate surface area is 315 Å². The van der Waals surface area contributed by atoms with Gasteiger partial charge in [-0.25, -0.2) is 4.98 Å². The lowest BCUT2D eigenvalue weighted by Crippen LogP contribution is -2.55. The van der Waals surface area contributed by atoms with Crippen LogP contribution in [0.3, 0.4) is 0 Å². The molecular weight excluding hydrogens is 679 g/mol. The van der Waals surface area contributed by atoms with E-state index in [9.17, 15) is 24.3 Å². The van der Waals surface area contributed by atoms with E-state index in [4.69, 9.17) is 4.74 Å². The Kier molecular flexibility index (Phi) is 17.2. The minimum atomic E-state index is -0.791. The molecule has 2 heterocycles. The number of hydrogen-bond donors (Lipinski definition) is 3. The van der Waals surface area contributed by atoms with E-state index < -0.39 is 24.2 Å². The maximum Gasteiger partial charge on any atom is 0.303 e. The van der Waals surface area contributed by atoms with Crippen LogP contribution in [0.4, 0.5) is 0 Å². The number of amides is 3. The van der Waals surface area contributed by atoms with Gasteiger partial charge < -0.3 is 25.4 Å². The molecule has 1 saturated heterocycles. The van der Waals surface area contributed by atoms with E-state index in [0.717, 1.165) is 24.9 Å². The summed E-state index contributed by atoms with van der Waals surface area (Å²) in [6, 6.07) is 8.68. The molecule has 0 spiro atoms. The lowest BCUT2D eigenvalue weighted by Gasteiger charge is -2.37. The molecule has 290 valence electrons. The fraction of sp³-hybridized carbons (Fsp3) is 0.675. The smallest absolute Gasteiger partial charge is 0.303 e. The minimum absolute atomic E-state index is 0.0187. The minimum Gasteiger partial charge on any atom is -0.455 e. The van der Waals surface area contributed by atoms with Crippen LogP contribution in [0.1, 0.15) is 115 Å². The predicted octanol–water partition coefficient (Wildman–Crippen LogP) is 5.63. The Balaban J connectivity index is 1.74. The summed E-state index contributed by atoms with van der Waals surface area (Å²) < 4.78 is 5.78. The number of aliphatic hydroxyl groups excluding tert-OH is 1. The second-order valence-electron chi connectivity index (χ2n) is 15.3. The molecule has 1 aliphatic rings. The Morgan fingerprint density at radius 2 is 1.77 bits per heavy atom. The van der Waals surface area contributed by atoms with Crippen LogP contribution in [0.25, 0.3) is 0 Å². The number of unbranched alkanes of at least 4 members (excludes halogenated alkanes) is 1. The molecule has 0 aliphatic carbocycles. The first kappa shape index (κ1) is 43.1. The molecule has 0 bridgehead atoms. The molecule has 1 aromatic heterocycles. The number of aliphatic hydroxyl groups is 1. The number of rotatable bonds is 22. The highest BCUT2D eigenvalue weighted by Gasteiger charge is 2.42. The Morgan fingerprint density at radius 1 is 1.08 bits per heavy atom.